The zero-order valence-corrected chi connectivity index (χ0v) is 17.3. The number of nitrogens with zero attached hydrogens (tertiary/aromatic N) is 2. The number of halogens is 2. The highest BCUT2D eigenvalue weighted by molar-refractivity contribution is 6.30. The molecule has 1 atom stereocenters. The molecule has 6 heteroatoms. The summed E-state index contributed by atoms with van der Waals surface area (Å²) in [5, 5.41) is 10.8. The number of aliphatic hydroxyl groups is 1. The fraction of sp³-hybridized carbons (Fsp3) is 0.429. The van der Waals surface area contributed by atoms with E-state index in [2.05, 4.69) is 41.0 Å². The Labute approximate surface area is 173 Å². The Morgan fingerprint density at radius 3 is 2.26 bits per heavy atom. The maximum absolute atomic E-state index is 10.2. The molecule has 0 aliphatic carbocycles. The minimum atomic E-state index is -0.458. The van der Waals surface area contributed by atoms with Crippen LogP contribution in [0.2, 0.25) is 5.02 Å². The maximum Gasteiger partial charge on any atom is 0.119 e. The third-order valence-electron chi connectivity index (χ3n) is 4.81. The Balaban J connectivity index is 0.00000261. The summed E-state index contributed by atoms with van der Waals surface area (Å²) in [6.45, 7) is 7.43. The van der Waals surface area contributed by atoms with E-state index in [1.807, 2.05) is 12.1 Å². The summed E-state index contributed by atoms with van der Waals surface area (Å²) in [5.74, 6) is 0.736. The molecule has 1 aliphatic rings. The molecule has 27 heavy (non-hydrogen) atoms. The molecule has 1 saturated heterocycles. The normalized spacial score (nSPS) is 15.9. The molecule has 2 aromatic carbocycles. The molecule has 4 nitrogen and oxygen atoms in total. The van der Waals surface area contributed by atoms with Crippen molar-refractivity contribution >= 4 is 29.7 Å². The highest BCUT2D eigenvalue weighted by Gasteiger charge is 2.18. The van der Waals surface area contributed by atoms with E-state index in [4.69, 9.17) is 16.3 Å². The SMILES string of the molecule is Cc1ccc(N2CCN(CCC(O)COc3ccc(Cl)cc3)CC2)cc1.Cl. The molecule has 2 aromatic rings. The van der Waals surface area contributed by atoms with Crippen molar-refractivity contribution in [3.05, 3.63) is 59.1 Å². The molecule has 1 heterocycles. The van der Waals surface area contributed by atoms with Crippen molar-refractivity contribution in [1.29, 1.82) is 0 Å². The monoisotopic (exact) mass is 410 g/mol. The van der Waals surface area contributed by atoms with Crippen LogP contribution in [0.25, 0.3) is 0 Å². The van der Waals surface area contributed by atoms with Gasteiger partial charge in [-0.05, 0) is 49.7 Å². The van der Waals surface area contributed by atoms with Crippen LogP contribution in [0, 0.1) is 6.92 Å². The number of aliphatic hydroxyl groups excluding tert-OH is 1. The van der Waals surface area contributed by atoms with E-state index in [1.54, 1.807) is 12.1 Å². The average molecular weight is 411 g/mol. The molecule has 0 spiro atoms. The second-order valence-electron chi connectivity index (χ2n) is 6.87. The van der Waals surface area contributed by atoms with E-state index >= 15 is 0 Å². The zero-order chi connectivity index (χ0) is 18.4. The first-order valence-electron chi connectivity index (χ1n) is 9.20. The number of benzene rings is 2. The molecular weight excluding hydrogens is 383 g/mol. The van der Waals surface area contributed by atoms with Gasteiger partial charge in [-0.2, -0.15) is 0 Å². The Morgan fingerprint density at radius 1 is 1.00 bits per heavy atom. The highest BCUT2D eigenvalue weighted by Crippen LogP contribution is 2.18. The van der Waals surface area contributed by atoms with Crippen LogP contribution in [-0.4, -0.2) is 55.4 Å². The smallest absolute Gasteiger partial charge is 0.119 e. The van der Waals surface area contributed by atoms with E-state index in [0.717, 1.165) is 44.9 Å². The van der Waals surface area contributed by atoms with Gasteiger partial charge in [0, 0.05) is 43.4 Å². The molecule has 0 aromatic heterocycles. The Morgan fingerprint density at radius 2 is 1.63 bits per heavy atom. The Kier molecular flexibility index (Phi) is 8.71. The highest BCUT2D eigenvalue weighted by atomic mass is 35.5. The zero-order valence-electron chi connectivity index (χ0n) is 15.7. The molecule has 0 amide bonds. The van der Waals surface area contributed by atoms with Crippen LogP contribution in [0.3, 0.4) is 0 Å². The molecule has 0 bridgehead atoms. The fourth-order valence-electron chi connectivity index (χ4n) is 3.12. The standard InChI is InChI=1S/C21H27ClN2O2.ClH/c1-17-2-6-19(7-3-17)24-14-12-23(13-15-24)11-10-20(25)16-26-21-8-4-18(22)5-9-21;/h2-9,20,25H,10-16H2,1H3;1H. The van der Waals surface area contributed by atoms with Gasteiger partial charge in [0.15, 0.2) is 0 Å². The molecule has 0 saturated carbocycles. The Bertz CT molecular complexity index is 672. The minimum Gasteiger partial charge on any atom is -0.491 e. The molecule has 0 radical (unpaired) electrons. The maximum atomic E-state index is 10.2. The number of aryl methyl sites for hydroxylation is 1. The van der Waals surface area contributed by atoms with Gasteiger partial charge in [0.05, 0.1) is 6.10 Å². The van der Waals surface area contributed by atoms with Gasteiger partial charge >= 0.3 is 0 Å². The quantitative estimate of drug-likeness (QED) is 0.747. The number of anilines is 1. The van der Waals surface area contributed by atoms with Crippen LogP contribution in [0.15, 0.2) is 48.5 Å². The summed E-state index contributed by atoms with van der Waals surface area (Å²) >= 11 is 5.85. The lowest BCUT2D eigenvalue weighted by molar-refractivity contribution is 0.0866. The van der Waals surface area contributed by atoms with Gasteiger partial charge in [-0.25, -0.2) is 0 Å². The van der Waals surface area contributed by atoms with Crippen molar-refractivity contribution in [1.82, 2.24) is 4.90 Å². The van der Waals surface area contributed by atoms with Crippen molar-refractivity contribution in [2.75, 3.05) is 44.2 Å². The second kappa shape index (κ2) is 10.8. The number of piperazine rings is 1. The minimum absolute atomic E-state index is 0. The first kappa shape index (κ1) is 21.8. The van der Waals surface area contributed by atoms with Crippen molar-refractivity contribution in [2.24, 2.45) is 0 Å². The van der Waals surface area contributed by atoms with Crippen LogP contribution in [0.5, 0.6) is 5.75 Å². The van der Waals surface area contributed by atoms with Gasteiger partial charge in [0.25, 0.3) is 0 Å². The molecule has 1 fully saturated rings. The van der Waals surface area contributed by atoms with Crippen LogP contribution >= 0.6 is 24.0 Å². The second-order valence-corrected chi connectivity index (χ2v) is 7.31. The third kappa shape index (κ3) is 6.89. The van der Waals surface area contributed by atoms with Crippen molar-refractivity contribution in [3.63, 3.8) is 0 Å². The van der Waals surface area contributed by atoms with E-state index in [-0.39, 0.29) is 12.4 Å². The number of rotatable bonds is 7. The van der Waals surface area contributed by atoms with Crippen LogP contribution in [0.4, 0.5) is 5.69 Å². The van der Waals surface area contributed by atoms with E-state index in [9.17, 15) is 5.11 Å². The van der Waals surface area contributed by atoms with E-state index in [1.165, 1.54) is 11.3 Å². The van der Waals surface area contributed by atoms with Gasteiger partial charge in [0.2, 0.25) is 0 Å². The molecule has 1 N–H and O–H groups in total. The van der Waals surface area contributed by atoms with Gasteiger partial charge in [-0.1, -0.05) is 29.3 Å². The first-order valence-corrected chi connectivity index (χ1v) is 9.58. The van der Waals surface area contributed by atoms with Gasteiger partial charge < -0.3 is 14.7 Å². The summed E-state index contributed by atoms with van der Waals surface area (Å²) in [4.78, 5) is 4.84. The van der Waals surface area contributed by atoms with E-state index < -0.39 is 6.10 Å². The average Bonchev–Trinajstić information content (AvgIpc) is 2.67. The molecular formula is C21H28Cl2N2O2. The summed E-state index contributed by atoms with van der Waals surface area (Å²) < 4.78 is 5.61. The van der Waals surface area contributed by atoms with Crippen molar-refractivity contribution in [3.8, 4) is 5.75 Å². The topological polar surface area (TPSA) is 35.9 Å². The molecule has 1 aliphatic heterocycles. The summed E-state index contributed by atoms with van der Waals surface area (Å²) in [6.07, 6.45) is 0.263. The fourth-order valence-corrected chi connectivity index (χ4v) is 3.25. The van der Waals surface area contributed by atoms with E-state index in [0.29, 0.717) is 11.6 Å². The third-order valence-corrected chi connectivity index (χ3v) is 5.06. The van der Waals surface area contributed by atoms with Crippen LogP contribution in [-0.2, 0) is 0 Å². The van der Waals surface area contributed by atoms with Gasteiger partial charge in [-0.3, -0.25) is 4.90 Å². The largest absolute Gasteiger partial charge is 0.491 e. The van der Waals surface area contributed by atoms with Gasteiger partial charge in [-0.15, -0.1) is 12.4 Å². The van der Waals surface area contributed by atoms with Gasteiger partial charge in [0.1, 0.15) is 12.4 Å². The summed E-state index contributed by atoms with van der Waals surface area (Å²) in [5.41, 5.74) is 2.59. The summed E-state index contributed by atoms with van der Waals surface area (Å²) in [6, 6.07) is 15.9. The lowest BCUT2D eigenvalue weighted by atomic mass is 10.2. The molecule has 148 valence electrons. The number of hydrogen-bond donors (Lipinski definition) is 1. The lowest BCUT2D eigenvalue weighted by Gasteiger charge is -2.36. The van der Waals surface area contributed by atoms with Crippen LogP contribution < -0.4 is 9.64 Å². The first-order chi connectivity index (χ1) is 12.6. The van der Waals surface area contributed by atoms with Crippen LogP contribution in [0.1, 0.15) is 12.0 Å². The van der Waals surface area contributed by atoms with Crippen molar-refractivity contribution in [2.45, 2.75) is 19.4 Å². The Hall–Kier alpha value is -1.46. The predicted octanol–water partition coefficient (Wildman–Crippen LogP) is 4.02. The molecule has 3 rings (SSSR count). The van der Waals surface area contributed by atoms with Crippen molar-refractivity contribution < 1.29 is 9.84 Å². The number of ether oxygens (including phenoxy) is 1. The lowest BCUT2D eigenvalue weighted by Crippen LogP contribution is -2.47. The molecule has 1 unspecified atom stereocenters. The number of hydrogen-bond acceptors (Lipinski definition) is 4. The summed E-state index contributed by atoms with van der Waals surface area (Å²) in [7, 11) is 0. The predicted molar refractivity (Wildman–Crippen MR) is 115 cm³/mol.